The molecule has 0 bridgehead atoms. The minimum Gasteiger partial charge on any atom is -0.484 e. The van der Waals surface area contributed by atoms with Crippen LogP contribution in [0.25, 0.3) is 16.7 Å². The number of alkyl halides is 2. The molecule has 0 aliphatic heterocycles. The summed E-state index contributed by atoms with van der Waals surface area (Å²) in [6.07, 6.45) is 0. The lowest BCUT2D eigenvalue weighted by Gasteiger charge is -2.12. The van der Waals surface area contributed by atoms with Crippen LogP contribution in [0.1, 0.15) is 18.2 Å². The average Bonchev–Trinajstić information content (AvgIpc) is 3.43. The standard InChI is InChI=1S/C24H18ClF2N5OS/c25-17-10-4-7-13-20(17)33-14-21-29-30-24(31(21)16-8-2-1-3-9-16)34-15-22-28-18-11-5-6-12-19(18)32(22)23(26)27/h1-13,23H,14-15H2. The Morgan fingerprint density at radius 3 is 2.41 bits per heavy atom. The van der Waals surface area contributed by atoms with Gasteiger partial charge in [-0.3, -0.25) is 9.13 Å². The first-order chi connectivity index (χ1) is 16.6. The summed E-state index contributed by atoms with van der Waals surface area (Å²) >= 11 is 7.48. The van der Waals surface area contributed by atoms with Gasteiger partial charge in [0.15, 0.2) is 11.0 Å². The van der Waals surface area contributed by atoms with Gasteiger partial charge >= 0.3 is 6.55 Å². The van der Waals surface area contributed by atoms with Gasteiger partial charge in [-0.2, -0.15) is 8.78 Å². The Bertz CT molecular complexity index is 1420. The first-order valence-corrected chi connectivity index (χ1v) is 11.7. The average molecular weight is 498 g/mol. The Hall–Kier alpha value is -3.43. The topological polar surface area (TPSA) is 57.8 Å². The van der Waals surface area contributed by atoms with Crippen LogP contribution < -0.4 is 4.74 Å². The van der Waals surface area contributed by atoms with Gasteiger partial charge in [-0.15, -0.1) is 10.2 Å². The summed E-state index contributed by atoms with van der Waals surface area (Å²) in [4.78, 5) is 4.41. The molecule has 0 aliphatic carbocycles. The number of nitrogens with zero attached hydrogens (tertiary/aromatic N) is 5. The minimum absolute atomic E-state index is 0.127. The molecule has 5 aromatic rings. The van der Waals surface area contributed by atoms with Crippen LogP contribution in [0.4, 0.5) is 8.78 Å². The Labute approximate surface area is 203 Å². The molecule has 10 heteroatoms. The summed E-state index contributed by atoms with van der Waals surface area (Å²) < 4.78 is 36.3. The third kappa shape index (κ3) is 4.49. The fourth-order valence-corrected chi connectivity index (χ4v) is 4.66. The van der Waals surface area contributed by atoms with E-state index in [9.17, 15) is 8.78 Å². The maximum Gasteiger partial charge on any atom is 0.320 e. The zero-order valence-electron chi connectivity index (χ0n) is 17.7. The van der Waals surface area contributed by atoms with Crippen molar-refractivity contribution in [3.8, 4) is 11.4 Å². The number of rotatable bonds is 8. The van der Waals surface area contributed by atoms with Crippen molar-refractivity contribution in [1.29, 1.82) is 0 Å². The van der Waals surface area contributed by atoms with Gasteiger partial charge in [0.2, 0.25) is 0 Å². The number of hydrogen-bond donors (Lipinski definition) is 0. The number of para-hydroxylation sites is 4. The first kappa shape index (κ1) is 22.4. The monoisotopic (exact) mass is 497 g/mol. The van der Waals surface area contributed by atoms with Gasteiger partial charge in [-0.25, -0.2) is 4.98 Å². The van der Waals surface area contributed by atoms with Crippen molar-refractivity contribution in [3.63, 3.8) is 0 Å². The summed E-state index contributed by atoms with van der Waals surface area (Å²) in [5.41, 5.74) is 1.75. The third-order valence-electron chi connectivity index (χ3n) is 5.10. The fraction of sp³-hybridized carbons (Fsp3) is 0.125. The highest BCUT2D eigenvalue weighted by atomic mass is 35.5. The summed E-state index contributed by atoms with van der Waals surface area (Å²) in [6.45, 7) is -2.57. The Morgan fingerprint density at radius 2 is 1.62 bits per heavy atom. The van der Waals surface area contributed by atoms with Gasteiger partial charge in [-0.05, 0) is 36.4 Å². The van der Waals surface area contributed by atoms with Crippen LogP contribution in [0.2, 0.25) is 5.02 Å². The van der Waals surface area contributed by atoms with Gasteiger partial charge in [-0.1, -0.05) is 65.8 Å². The van der Waals surface area contributed by atoms with E-state index < -0.39 is 6.55 Å². The molecular weight excluding hydrogens is 480 g/mol. The summed E-state index contributed by atoms with van der Waals surface area (Å²) in [6, 6.07) is 23.6. The van der Waals surface area contributed by atoms with Crippen molar-refractivity contribution in [1.82, 2.24) is 24.3 Å². The van der Waals surface area contributed by atoms with E-state index >= 15 is 0 Å². The molecule has 2 aromatic heterocycles. The third-order valence-corrected chi connectivity index (χ3v) is 6.34. The van der Waals surface area contributed by atoms with Crippen LogP contribution in [-0.4, -0.2) is 24.3 Å². The molecule has 0 N–H and O–H groups in total. The molecule has 0 amide bonds. The second kappa shape index (κ2) is 9.82. The van der Waals surface area contributed by atoms with Crippen LogP contribution in [0.5, 0.6) is 5.75 Å². The largest absolute Gasteiger partial charge is 0.484 e. The molecule has 0 unspecified atom stereocenters. The van der Waals surface area contributed by atoms with E-state index in [1.54, 1.807) is 36.4 Å². The molecule has 172 valence electrons. The van der Waals surface area contributed by atoms with Crippen LogP contribution >= 0.6 is 23.4 Å². The molecule has 0 radical (unpaired) electrons. The maximum atomic E-state index is 13.8. The number of halogens is 3. The smallest absolute Gasteiger partial charge is 0.320 e. The predicted octanol–water partition coefficient (Wildman–Crippen LogP) is 6.54. The number of imidazole rings is 1. The van der Waals surface area contributed by atoms with Gasteiger partial charge in [0, 0.05) is 5.69 Å². The molecule has 2 heterocycles. The van der Waals surface area contributed by atoms with E-state index in [0.717, 1.165) is 10.3 Å². The number of thioether (sulfide) groups is 1. The van der Waals surface area contributed by atoms with E-state index in [2.05, 4.69) is 15.2 Å². The lowest BCUT2D eigenvalue weighted by molar-refractivity contribution is 0.0722. The Kier molecular flexibility index (Phi) is 6.46. The molecule has 0 fully saturated rings. The minimum atomic E-state index is -2.70. The highest BCUT2D eigenvalue weighted by Crippen LogP contribution is 2.30. The molecule has 0 atom stereocenters. The number of hydrogen-bond acceptors (Lipinski definition) is 5. The van der Waals surface area contributed by atoms with Gasteiger partial charge in [0.25, 0.3) is 0 Å². The number of ether oxygens (including phenoxy) is 1. The summed E-state index contributed by atoms with van der Waals surface area (Å²) in [7, 11) is 0. The Balaban J connectivity index is 1.45. The molecular formula is C24H18ClF2N5OS. The molecule has 6 nitrogen and oxygen atoms in total. The van der Waals surface area contributed by atoms with E-state index in [4.69, 9.17) is 16.3 Å². The van der Waals surface area contributed by atoms with Crippen molar-refractivity contribution >= 4 is 34.4 Å². The lowest BCUT2D eigenvalue weighted by atomic mass is 10.3. The predicted molar refractivity (Wildman–Crippen MR) is 128 cm³/mol. The number of benzene rings is 3. The molecule has 0 saturated heterocycles. The van der Waals surface area contributed by atoms with Gasteiger partial charge < -0.3 is 4.74 Å². The molecule has 0 saturated carbocycles. The second-order valence-electron chi connectivity index (χ2n) is 7.24. The van der Waals surface area contributed by atoms with E-state index in [1.165, 1.54) is 11.8 Å². The second-order valence-corrected chi connectivity index (χ2v) is 8.59. The molecule has 0 aliphatic rings. The summed E-state index contributed by atoms with van der Waals surface area (Å²) in [5.74, 6) is 1.54. The highest BCUT2D eigenvalue weighted by molar-refractivity contribution is 7.98. The Morgan fingerprint density at radius 1 is 0.882 bits per heavy atom. The molecule has 34 heavy (non-hydrogen) atoms. The zero-order valence-corrected chi connectivity index (χ0v) is 19.3. The van der Waals surface area contributed by atoms with Crippen LogP contribution in [0.15, 0.2) is 84.0 Å². The number of aromatic nitrogens is 5. The maximum absolute atomic E-state index is 13.8. The van der Waals surface area contributed by atoms with Crippen molar-refractivity contribution in [2.45, 2.75) is 24.1 Å². The lowest BCUT2D eigenvalue weighted by Crippen LogP contribution is -2.07. The quantitative estimate of drug-likeness (QED) is 0.228. The van der Waals surface area contributed by atoms with Crippen LogP contribution in [0, 0.1) is 0 Å². The van der Waals surface area contributed by atoms with Crippen LogP contribution in [-0.2, 0) is 12.4 Å². The van der Waals surface area contributed by atoms with Crippen molar-refractivity contribution in [2.75, 3.05) is 0 Å². The first-order valence-electron chi connectivity index (χ1n) is 10.4. The van der Waals surface area contributed by atoms with Crippen molar-refractivity contribution in [3.05, 3.63) is 95.5 Å². The van der Waals surface area contributed by atoms with Gasteiger partial charge in [0.1, 0.15) is 18.2 Å². The molecule has 3 aromatic carbocycles. The SMILES string of the molecule is FC(F)n1c(CSc2nnc(COc3ccccc3Cl)n2-c2ccccc2)nc2ccccc21. The number of fused-ring (bicyclic) bond motifs is 1. The van der Waals surface area contributed by atoms with E-state index in [1.807, 2.05) is 47.0 Å². The van der Waals surface area contributed by atoms with Gasteiger partial charge in [0.05, 0.1) is 21.8 Å². The molecule has 0 spiro atoms. The van der Waals surface area contributed by atoms with Crippen molar-refractivity contribution in [2.24, 2.45) is 0 Å². The van der Waals surface area contributed by atoms with Crippen molar-refractivity contribution < 1.29 is 13.5 Å². The van der Waals surface area contributed by atoms with Crippen LogP contribution in [0.3, 0.4) is 0 Å². The van der Waals surface area contributed by atoms with E-state index in [-0.39, 0.29) is 18.2 Å². The normalized spacial score (nSPS) is 11.4. The zero-order chi connectivity index (χ0) is 23.5. The van der Waals surface area contributed by atoms with E-state index in [0.29, 0.717) is 32.8 Å². The summed E-state index contributed by atoms with van der Waals surface area (Å²) in [5, 5.41) is 9.64. The fourth-order valence-electron chi connectivity index (χ4n) is 3.57. The molecule has 5 rings (SSSR count). The highest BCUT2D eigenvalue weighted by Gasteiger charge is 2.20.